The van der Waals surface area contributed by atoms with Gasteiger partial charge in [0.1, 0.15) is 11.5 Å². The van der Waals surface area contributed by atoms with E-state index in [1.165, 1.54) is 57.4 Å². The molecule has 3 heteroatoms. The molecule has 2 nitrogen and oxygen atoms in total. The van der Waals surface area contributed by atoms with Gasteiger partial charge in [-0.1, -0.05) is 57.0 Å². The summed E-state index contributed by atoms with van der Waals surface area (Å²) in [6, 6.07) is 4.89. The Bertz CT molecular complexity index is 425. The zero-order chi connectivity index (χ0) is 15.1. The van der Waals surface area contributed by atoms with Crippen molar-refractivity contribution in [2.24, 2.45) is 11.8 Å². The van der Waals surface area contributed by atoms with Gasteiger partial charge in [0.25, 0.3) is 0 Å². The van der Waals surface area contributed by atoms with E-state index >= 15 is 0 Å². The van der Waals surface area contributed by atoms with E-state index in [2.05, 4.69) is 6.92 Å². The molecule has 1 aliphatic carbocycles. The topological polar surface area (TPSA) is 29.5 Å². The molecule has 1 fully saturated rings. The lowest BCUT2D eigenvalue weighted by molar-refractivity contribution is 0.177. The third kappa shape index (κ3) is 5.43. The first-order chi connectivity index (χ1) is 10.2. The van der Waals surface area contributed by atoms with Gasteiger partial charge < -0.3 is 9.84 Å². The average molecular weight is 311 g/mol. The second kappa shape index (κ2) is 8.53. The maximum absolute atomic E-state index is 9.33. The lowest BCUT2D eigenvalue weighted by Gasteiger charge is -2.28. The summed E-state index contributed by atoms with van der Waals surface area (Å²) in [7, 11) is 0. The van der Waals surface area contributed by atoms with Crippen molar-refractivity contribution in [3.8, 4) is 11.5 Å². The second-order valence-corrected chi connectivity index (χ2v) is 6.72. The van der Waals surface area contributed by atoms with E-state index in [-0.39, 0.29) is 5.75 Å². The van der Waals surface area contributed by atoms with Crippen LogP contribution >= 0.6 is 11.6 Å². The first-order valence-electron chi connectivity index (χ1n) is 8.30. The summed E-state index contributed by atoms with van der Waals surface area (Å²) in [4.78, 5) is 0. The Morgan fingerprint density at radius 3 is 2.52 bits per heavy atom. The number of unbranched alkanes of at least 4 members (excludes halogenated alkanes) is 2. The predicted octanol–water partition coefficient (Wildman–Crippen LogP) is 5.81. The fraction of sp³-hybridized carbons (Fsp3) is 0.667. The zero-order valence-electron chi connectivity index (χ0n) is 13.0. The van der Waals surface area contributed by atoms with Crippen LogP contribution in [-0.2, 0) is 0 Å². The molecule has 1 aromatic carbocycles. The molecule has 0 atom stereocenters. The van der Waals surface area contributed by atoms with E-state index in [0.29, 0.717) is 16.7 Å². The highest BCUT2D eigenvalue weighted by atomic mass is 35.5. The van der Waals surface area contributed by atoms with E-state index in [1.54, 1.807) is 12.1 Å². The largest absolute Gasteiger partial charge is 0.508 e. The summed E-state index contributed by atoms with van der Waals surface area (Å²) >= 11 is 6.06. The second-order valence-electron chi connectivity index (χ2n) is 6.31. The lowest BCUT2D eigenvalue weighted by Crippen LogP contribution is -2.20. The SMILES string of the molecule is CCCCCC1CCC(COc2ccc(O)cc2Cl)CC1. The van der Waals surface area contributed by atoms with Gasteiger partial charge in [-0.25, -0.2) is 0 Å². The molecule has 0 heterocycles. The predicted molar refractivity (Wildman–Crippen MR) is 88.2 cm³/mol. The van der Waals surface area contributed by atoms with Crippen molar-refractivity contribution in [3.05, 3.63) is 23.2 Å². The summed E-state index contributed by atoms with van der Waals surface area (Å²) in [6.45, 7) is 3.01. The van der Waals surface area contributed by atoms with Crippen LogP contribution in [0, 0.1) is 11.8 Å². The van der Waals surface area contributed by atoms with E-state index < -0.39 is 0 Å². The van der Waals surface area contributed by atoms with Crippen molar-refractivity contribution in [2.45, 2.75) is 58.3 Å². The minimum atomic E-state index is 0.180. The highest BCUT2D eigenvalue weighted by Gasteiger charge is 2.21. The van der Waals surface area contributed by atoms with Crippen LogP contribution in [0.15, 0.2) is 18.2 Å². The Morgan fingerprint density at radius 2 is 1.86 bits per heavy atom. The van der Waals surface area contributed by atoms with Crippen LogP contribution in [0.2, 0.25) is 5.02 Å². The van der Waals surface area contributed by atoms with Gasteiger partial charge in [0, 0.05) is 6.07 Å². The number of phenolic OH excluding ortho intramolecular Hbond substituents is 1. The smallest absolute Gasteiger partial charge is 0.138 e. The van der Waals surface area contributed by atoms with Gasteiger partial charge in [0.05, 0.1) is 11.6 Å². The molecule has 0 amide bonds. The average Bonchev–Trinajstić information content (AvgIpc) is 2.48. The highest BCUT2D eigenvalue weighted by molar-refractivity contribution is 6.32. The highest BCUT2D eigenvalue weighted by Crippen LogP contribution is 2.34. The molecular formula is C18H27ClO2. The van der Waals surface area contributed by atoms with Crippen molar-refractivity contribution in [1.29, 1.82) is 0 Å². The van der Waals surface area contributed by atoms with Crippen LogP contribution in [0.3, 0.4) is 0 Å². The van der Waals surface area contributed by atoms with Gasteiger partial charge in [0.2, 0.25) is 0 Å². The number of ether oxygens (including phenoxy) is 1. The summed E-state index contributed by atoms with van der Waals surface area (Å²) < 4.78 is 5.82. The Kier molecular flexibility index (Phi) is 6.69. The van der Waals surface area contributed by atoms with Crippen molar-refractivity contribution in [3.63, 3.8) is 0 Å². The van der Waals surface area contributed by atoms with E-state index in [0.717, 1.165) is 12.5 Å². The van der Waals surface area contributed by atoms with E-state index in [1.807, 2.05) is 0 Å². The minimum Gasteiger partial charge on any atom is -0.508 e. The van der Waals surface area contributed by atoms with Crippen molar-refractivity contribution in [2.75, 3.05) is 6.61 Å². The number of aromatic hydroxyl groups is 1. The third-order valence-electron chi connectivity index (χ3n) is 4.57. The fourth-order valence-corrected chi connectivity index (χ4v) is 3.41. The number of phenols is 1. The van der Waals surface area contributed by atoms with Crippen molar-refractivity contribution in [1.82, 2.24) is 0 Å². The fourth-order valence-electron chi connectivity index (χ4n) is 3.18. The van der Waals surface area contributed by atoms with Gasteiger partial charge in [0.15, 0.2) is 0 Å². The molecule has 0 aromatic heterocycles. The molecule has 118 valence electrons. The van der Waals surface area contributed by atoms with Crippen LogP contribution in [0.4, 0.5) is 0 Å². The van der Waals surface area contributed by atoms with Crippen molar-refractivity contribution < 1.29 is 9.84 Å². The van der Waals surface area contributed by atoms with Crippen LogP contribution in [0.25, 0.3) is 0 Å². The molecular weight excluding hydrogens is 284 g/mol. The maximum Gasteiger partial charge on any atom is 0.138 e. The van der Waals surface area contributed by atoms with Gasteiger partial charge in [-0.3, -0.25) is 0 Å². The van der Waals surface area contributed by atoms with Crippen LogP contribution in [-0.4, -0.2) is 11.7 Å². The molecule has 0 spiro atoms. The molecule has 2 rings (SSSR count). The first kappa shape index (κ1) is 16.5. The number of hydrogen-bond donors (Lipinski definition) is 1. The molecule has 1 aliphatic rings. The van der Waals surface area contributed by atoms with E-state index in [9.17, 15) is 5.11 Å². The molecule has 1 aromatic rings. The van der Waals surface area contributed by atoms with E-state index in [4.69, 9.17) is 16.3 Å². The molecule has 21 heavy (non-hydrogen) atoms. The molecule has 0 radical (unpaired) electrons. The van der Waals surface area contributed by atoms with Gasteiger partial charge >= 0.3 is 0 Å². The van der Waals surface area contributed by atoms with Gasteiger partial charge in [-0.15, -0.1) is 0 Å². The number of hydrogen-bond acceptors (Lipinski definition) is 2. The summed E-state index contributed by atoms with van der Waals surface area (Å²) in [6.07, 6.45) is 10.7. The summed E-state index contributed by atoms with van der Waals surface area (Å²) in [5.74, 6) is 2.45. The Labute approximate surface area is 133 Å². The summed E-state index contributed by atoms with van der Waals surface area (Å²) in [5, 5.41) is 9.82. The first-order valence-corrected chi connectivity index (χ1v) is 8.68. The standard InChI is InChI=1S/C18H27ClO2/c1-2-3-4-5-14-6-8-15(9-7-14)13-21-18-11-10-16(20)12-17(18)19/h10-12,14-15,20H,2-9,13H2,1H3. The summed E-state index contributed by atoms with van der Waals surface area (Å²) in [5.41, 5.74) is 0. The number of rotatable bonds is 7. The Hall–Kier alpha value is -0.890. The normalized spacial score (nSPS) is 22.2. The third-order valence-corrected chi connectivity index (χ3v) is 4.87. The van der Waals surface area contributed by atoms with Crippen molar-refractivity contribution >= 4 is 11.6 Å². The van der Waals surface area contributed by atoms with Crippen LogP contribution < -0.4 is 4.74 Å². The van der Waals surface area contributed by atoms with Gasteiger partial charge in [-0.2, -0.15) is 0 Å². The monoisotopic (exact) mass is 310 g/mol. The molecule has 0 bridgehead atoms. The number of benzene rings is 1. The maximum atomic E-state index is 9.33. The molecule has 0 aliphatic heterocycles. The Morgan fingerprint density at radius 1 is 1.14 bits per heavy atom. The minimum absolute atomic E-state index is 0.180. The van der Waals surface area contributed by atoms with Gasteiger partial charge in [-0.05, 0) is 36.8 Å². The molecule has 1 N–H and O–H groups in total. The number of halogens is 1. The Balaban J connectivity index is 1.69. The zero-order valence-corrected chi connectivity index (χ0v) is 13.7. The van der Waals surface area contributed by atoms with Crippen LogP contribution in [0.5, 0.6) is 11.5 Å². The molecule has 0 unspecified atom stereocenters. The molecule has 0 saturated heterocycles. The quantitative estimate of drug-likeness (QED) is 0.644. The van der Waals surface area contributed by atoms with Crippen LogP contribution in [0.1, 0.15) is 58.3 Å². The lowest BCUT2D eigenvalue weighted by atomic mass is 9.80. The molecule has 1 saturated carbocycles.